The van der Waals surface area contributed by atoms with Crippen molar-refractivity contribution in [3.63, 3.8) is 0 Å². The first-order chi connectivity index (χ1) is 8.91. The maximum absolute atomic E-state index is 11.8. The average Bonchev–Trinajstić information content (AvgIpc) is 2.68. The van der Waals surface area contributed by atoms with Crippen molar-refractivity contribution >= 4 is 45.2 Å². The van der Waals surface area contributed by atoms with Crippen LogP contribution in [0.2, 0.25) is 5.02 Å². The third kappa shape index (κ3) is 2.73. The zero-order valence-electron chi connectivity index (χ0n) is 10.4. The highest BCUT2D eigenvalue weighted by Gasteiger charge is 2.21. The number of nitrogen functional groups attached to an aromatic ring is 1. The molecular formula is C13H12ClNO2S2. The van der Waals surface area contributed by atoms with Gasteiger partial charge in [-0.2, -0.15) is 0 Å². The lowest BCUT2D eigenvalue weighted by Crippen LogP contribution is -1.96. The number of anilines is 1. The van der Waals surface area contributed by atoms with Crippen LogP contribution in [0.5, 0.6) is 0 Å². The highest BCUT2D eigenvalue weighted by atomic mass is 35.5. The number of hydrogen-bond acceptors (Lipinski definition) is 4. The van der Waals surface area contributed by atoms with Crippen LogP contribution in [0.3, 0.4) is 0 Å². The number of thiophene rings is 1. The van der Waals surface area contributed by atoms with Crippen molar-refractivity contribution in [1.82, 2.24) is 0 Å². The molecule has 0 aliphatic heterocycles. The number of Topliss-reactive ketones (excluding diaryl/α,β-unsaturated/α-hetero) is 1. The molecule has 3 nitrogen and oxygen atoms in total. The topological polar surface area (TPSA) is 60.2 Å². The monoisotopic (exact) mass is 313 g/mol. The van der Waals surface area contributed by atoms with Gasteiger partial charge >= 0.3 is 0 Å². The minimum Gasteiger partial charge on any atom is -0.397 e. The number of nitrogens with two attached hydrogens (primary N) is 1. The van der Waals surface area contributed by atoms with Gasteiger partial charge in [-0.1, -0.05) is 23.7 Å². The Morgan fingerprint density at radius 2 is 1.89 bits per heavy atom. The van der Waals surface area contributed by atoms with Crippen LogP contribution in [-0.4, -0.2) is 16.2 Å². The first-order valence-corrected chi connectivity index (χ1v) is 8.19. The summed E-state index contributed by atoms with van der Waals surface area (Å²) in [5, 5.41) is 0.614. The van der Waals surface area contributed by atoms with Gasteiger partial charge in [0, 0.05) is 23.8 Å². The third-order valence-corrected chi connectivity index (χ3v) is 5.66. The molecule has 0 fully saturated rings. The fourth-order valence-corrected chi connectivity index (χ4v) is 4.01. The van der Waals surface area contributed by atoms with Gasteiger partial charge in [-0.25, -0.2) is 0 Å². The van der Waals surface area contributed by atoms with Crippen molar-refractivity contribution in [3.05, 3.63) is 34.2 Å². The highest BCUT2D eigenvalue weighted by Crippen LogP contribution is 2.41. The summed E-state index contributed by atoms with van der Waals surface area (Å²) in [6.45, 7) is 1.45. The van der Waals surface area contributed by atoms with Crippen molar-refractivity contribution in [2.75, 3.05) is 12.0 Å². The lowest BCUT2D eigenvalue weighted by atomic mass is 10.1. The van der Waals surface area contributed by atoms with E-state index >= 15 is 0 Å². The number of benzene rings is 1. The largest absolute Gasteiger partial charge is 0.397 e. The second-order valence-electron chi connectivity index (χ2n) is 4.02. The summed E-state index contributed by atoms with van der Waals surface area (Å²) >= 11 is 7.05. The Morgan fingerprint density at radius 1 is 1.32 bits per heavy atom. The van der Waals surface area contributed by atoms with Gasteiger partial charge < -0.3 is 5.73 Å². The molecule has 1 aromatic carbocycles. The molecule has 2 N–H and O–H groups in total. The van der Waals surface area contributed by atoms with E-state index in [1.807, 2.05) is 0 Å². The average molecular weight is 314 g/mol. The summed E-state index contributed by atoms with van der Waals surface area (Å²) < 4.78 is 12.4. The van der Waals surface area contributed by atoms with Crippen LogP contribution in [0.1, 0.15) is 16.6 Å². The van der Waals surface area contributed by atoms with E-state index in [1.54, 1.807) is 30.5 Å². The third-order valence-electron chi connectivity index (χ3n) is 2.63. The number of carbonyl (C=O) groups is 1. The van der Waals surface area contributed by atoms with E-state index in [9.17, 15) is 9.00 Å². The van der Waals surface area contributed by atoms with Gasteiger partial charge in [0.05, 0.1) is 21.4 Å². The summed E-state index contributed by atoms with van der Waals surface area (Å²) in [5.74, 6) is -0.116. The molecule has 0 spiro atoms. The second-order valence-corrected chi connectivity index (χ2v) is 7.06. The van der Waals surface area contributed by atoms with Gasteiger partial charge in [-0.3, -0.25) is 9.00 Å². The lowest BCUT2D eigenvalue weighted by molar-refractivity contribution is 0.102. The molecule has 0 amide bonds. The zero-order valence-corrected chi connectivity index (χ0v) is 12.8. The van der Waals surface area contributed by atoms with Gasteiger partial charge in [0.1, 0.15) is 4.21 Å². The van der Waals surface area contributed by atoms with Crippen LogP contribution in [0.25, 0.3) is 11.1 Å². The molecule has 0 bridgehead atoms. The van der Waals surface area contributed by atoms with Crippen molar-refractivity contribution in [1.29, 1.82) is 0 Å². The molecule has 6 heteroatoms. The molecule has 100 valence electrons. The minimum absolute atomic E-state index is 0.116. The van der Waals surface area contributed by atoms with E-state index in [0.717, 1.165) is 5.56 Å². The Morgan fingerprint density at radius 3 is 2.37 bits per heavy atom. The Balaban J connectivity index is 2.70. The fourth-order valence-electron chi connectivity index (χ4n) is 1.78. The maximum atomic E-state index is 11.8. The minimum atomic E-state index is -1.20. The van der Waals surface area contributed by atoms with Crippen LogP contribution in [-0.2, 0) is 10.8 Å². The van der Waals surface area contributed by atoms with Crippen molar-refractivity contribution < 1.29 is 9.00 Å². The van der Waals surface area contributed by atoms with E-state index in [4.69, 9.17) is 17.3 Å². The van der Waals surface area contributed by atoms with E-state index < -0.39 is 10.8 Å². The van der Waals surface area contributed by atoms with E-state index in [2.05, 4.69) is 0 Å². The molecule has 0 aliphatic carbocycles. The molecule has 19 heavy (non-hydrogen) atoms. The molecule has 0 radical (unpaired) electrons. The van der Waals surface area contributed by atoms with E-state index in [1.165, 1.54) is 18.3 Å². The maximum Gasteiger partial charge on any atom is 0.171 e. The van der Waals surface area contributed by atoms with Gasteiger partial charge in [-0.15, -0.1) is 11.3 Å². The number of hydrogen-bond donors (Lipinski definition) is 1. The summed E-state index contributed by atoms with van der Waals surface area (Å²) in [5.41, 5.74) is 7.92. The van der Waals surface area contributed by atoms with Crippen LogP contribution in [0.15, 0.2) is 28.5 Å². The summed E-state index contributed by atoms with van der Waals surface area (Å²) in [7, 11) is -1.20. The summed E-state index contributed by atoms with van der Waals surface area (Å²) in [4.78, 5) is 12.0. The second kappa shape index (κ2) is 5.45. The Hall–Kier alpha value is -1.17. The van der Waals surface area contributed by atoms with Crippen LogP contribution >= 0.6 is 22.9 Å². The molecule has 0 saturated heterocycles. The Bertz CT molecular complexity index is 662. The molecule has 1 atom stereocenters. The van der Waals surface area contributed by atoms with Gasteiger partial charge in [0.25, 0.3) is 0 Å². The predicted molar refractivity (Wildman–Crippen MR) is 81.5 cm³/mol. The lowest BCUT2D eigenvalue weighted by Gasteiger charge is -2.04. The smallest absolute Gasteiger partial charge is 0.171 e. The number of rotatable bonds is 3. The molecule has 1 aromatic heterocycles. The summed E-state index contributed by atoms with van der Waals surface area (Å²) in [6.07, 6.45) is 1.58. The van der Waals surface area contributed by atoms with Crippen molar-refractivity contribution in [2.45, 2.75) is 11.1 Å². The molecule has 1 heterocycles. The van der Waals surface area contributed by atoms with Gasteiger partial charge in [0.2, 0.25) is 0 Å². The number of ketones is 1. The van der Waals surface area contributed by atoms with Crippen molar-refractivity contribution in [2.24, 2.45) is 0 Å². The number of carbonyl (C=O) groups excluding carboxylic acids is 1. The van der Waals surface area contributed by atoms with E-state index in [-0.39, 0.29) is 5.78 Å². The fraction of sp³-hybridized carbons (Fsp3) is 0.154. The van der Waals surface area contributed by atoms with Crippen molar-refractivity contribution in [3.8, 4) is 11.1 Å². The van der Waals surface area contributed by atoms with Crippen LogP contribution in [0, 0.1) is 0 Å². The van der Waals surface area contributed by atoms with Gasteiger partial charge in [-0.05, 0) is 17.7 Å². The molecule has 2 aromatic rings. The summed E-state index contributed by atoms with van der Waals surface area (Å²) in [6, 6.07) is 7.09. The highest BCUT2D eigenvalue weighted by molar-refractivity contribution is 7.86. The Labute approximate surface area is 122 Å². The van der Waals surface area contributed by atoms with Gasteiger partial charge in [0.15, 0.2) is 5.78 Å². The molecule has 2 rings (SSSR count). The first kappa shape index (κ1) is 14.2. The zero-order chi connectivity index (χ0) is 14.2. The number of halogens is 1. The van der Waals surface area contributed by atoms with Crippen LogP contribution in [0.4, 0.5) is 5.69 Å². The standard InChI is InChI=1S/C13H12ClNO2S2/c1-7(16)12-11(15)10(13(18-12)19(2)17)8-3-5-9(14)6-4-8/h3-6H,15H2,1-2H3. The quantitative estimate of drug-likeness (QED) is 0.881. The molecular weight excluding hydrogens is 302 g/mol. The normalized spacial score (nSPS) is 12.4. The molecule has 1 unspecified atom stereocenters. The SMILES string of the molecule is CC(=O)c1sc(S(C)=O)c(-c2ccc(Cl)cc2)c1N. The van der Waals surface area contributed by atoms with E-state index in [0.29, 0.717) is 25.4 Å². The first-order valence-electron chi connectivity index (χ1n) is 5.44. The predicted octanol–water partition coefficient (Wildman–Crippen LogP) is 3.59. The molecule has 0 saturated carbocycles. The molecule has 0 aliphatic rings. The Kier molecular flexibility index (Phi) is 4.08. The van der Waals surface area contributed by atoms with Crippen LogP contribution < -0.4 is 5.73 Å².